The quantitative estimate of drug-likeness (QED) is 0.272. The Morgan fingerprint density at radius 3 is 2.42 bits per heavy atom. The van der Waals surface area contributed by atoms with Gasteiger partial charge in [0.25, 0.3) is 0 Å². The number of piperidine rings is 1. The molecule has 7 nitrogen and oxygen atoms in total. The molecule has 0 atom stereocenters. The standard InChI is InChI=1S/C31H31N5O2/c1-4-27(37)35-18-16-22(17-19-35)10-15-26-28(29-30(32)33-20-34-31(29)36(26)21(2)3)23-11-13-25(14-12-23)38-24-8-6-5-7-9-24/h4-9,11-14,20-22H,1,16-19H2,2-3H3,(H2,32,33,34). The molecule has 0 unspecified atom stereocenters. The van der Waals surface area contributed by atoms with E-state index >= 15 is 0 Å². The lowest BCUT2D eigenvalue weighted by molar-refractivity contribution is -0.127. The first kappa shape index (κ1) is 25.1. The van der Waals surface area contributed by atoms with Crippen molar-refractivity contribution in [2.75, 3.05) is 18.8 Å². The molecule has 1 aliphatic rings. The lowest BCUT2D eigenvalue weighted by Crippen LogP contribution is -2.37. The number of hydrogen-bond acceptors (Lipinski definition) is 5. The van der Waals surface area contributed by atoms with Crippen molar-refractivity contribution in [2.45, 2.75) is 32.7 Å². The predicted molar refractivity (Wildman–Crippen MR) is 151 cm³/mol. The zero-order valence-electron chi connectivity index (χ0n) is 21.7. The highest BCUT2D eigenvalue weighted by Gasteiger charge is 2.24. The maximum absolute atomic E-state index is 12.0. The van der Waals surface area contributed by atoms with E-state index in [9.17, 15) is 4.79 Å². The van der Waals surface area contributed by atoms with Gasteiger partial charge in [-0.05, 0) is 68.5 Å². The first-order chi connectivity index (χ1) is 18.5. The lowest BCUT2D eigenvalue weighted by atomic mass is 9.96. The van der Waals surface area contributed by atoms with E-state index in [0.717, 1.165) is 52.2 Å². The van der Waals surface area contributed by atoms with Gasteiger partial charge in [-0.1, -0.05) is 42.8 Å². The Kier molecular flexibility index (Phi) is 7.14. The molecule has 192 valence electrons. The predicted octanol–water partition coefficient (Wildman–Crippen LogP) is 5.83. The van der Waals surface area contributed by atoms with Crippen molar-refractivity contribution in [1.82, 2.24) is 19.4 Å². The van der Waals surface area contributed by atoms with Gasteiger partial charge < -0.3 is 19.9 Å². The first-order valence-electron chi connectivity index (χ1n) is 12.9. The van der Waals surface area contributed by atoms with Crippen molar-refractivity contribution in [3.63, 3.8) is 0 Å². The number of benzene rings is 2. The van der Waals surface area contributed by atoms with Crippen molar-refractivity contribution >= 4 is 22.8 Å². The molecule has 1 amide bonds. The van der Waals surface area contributed by atoms with Gasteiger partial charge in [-0.25, -0.2) is 9.97 Å². The largest absolute Gasteiger partial charge is 0.457 e. The third kappa shape index (κ3) is 4.98. The number of fused-ring (bicyclic) bond motifs is 1. The number of nitrogens with zero attached hydrogens (tertiary/aromatic N) is 4. The van der Waals surface area contributed by atoms with E-state index in [4.69, 9.17) is 10.5 Å². The number of nitrogen functional groups attached to an aromatic ring is 1. The van der Waals surface area contributed by atoms with Gasteiger partial charge in [0.2, 0.25) is 5.91 Å². The average molecular weight is 506 g/mol. The van der Waals surface area contributed by atoms with Crippen molar-refractivity contribution in [3.8, 4) is 34.5 Å². The molecule has 5 rings (SSSR count). The molecule has 1 aliphatic heterocycles. The third-order valence-electron chi connectivity index (χ3n) is 6.83. The highest BCUT2D eigenvalue weighted by molar-refractivity contribution is 6.03. The van der Waals surface area contributed by atoms with Crippen molar-refractivity contribution in [2.24, 2.45) is 5.92 Å². The number of hydrogen-bond donors (Lipinski definition) is 1. The van der Waals surface area contributed by atoms with Crippen LogP contribution in [-0.4, -0.2) is 38.4 Å². The molecule has 0 saturated carbocycles. The number of amides is 1. The van der Waals surface area contributed by atoms with Crippen LogP contribution >= 0.6 is 0 Å². The number of anilines is 1. The molecule has 2 aromatic heterocycles. The Bertz CT molecular complexity index is 1520. The van der Waals surface area contributed by atoms with Gasteiger partial charge in [0, 0.05) is 30.6 Å². The van der Waals surface area contributed by atoms with Crippen molar-refractivity contribution < 1.29 is 9.53 Å². The summed E-state index contributed by atoms with van der Waals surface area (Å²) < 4.78 is 8.14. The molecule has 1 fully saturated rings. The van der Waals surface area contributed by atoms with Crippen molar-refractivity contribution in [3.05, 3.63) is 79.3 Å². The minimum absolute atomic E-state index is 0.0210. The summed E-state index contributed by atoms with van der Waals surface area (Å²) in [7, 11) is 0. The smallest absolute Gasteiger partial charge is 0.245 e. The van der Waals surface area contributed by atoms with Crippen molar-refractivity contribution in [1.29, 1.82) is 0 Å². The van der Waals surface area contributed by atoms with E-state index in [1.165, 1.54) is 12.4 Å². The first-order valence-corrected chi connectivity index (χ1v) is 12.9. The van der Waals surface area contributed by atoms with Crippen LogP contribution in [0.25, 0.3) is 22.2 Å². The zero-order valence-corrected chi connectivity index (χ0v) is 21.7. The van der Waals surface area contributed by atoms with Crippen LogP contribution in [0.15, 0.2) is 73.6 Å². The van der Waals surface area contributed by atoms with E-state index in [1.807, 2.05) is 59.5 Å². The maximum atomic E-state index is 12.0. The Balaban J connectivity index is 1.55. The Morgan fingerprint density at radius 1 is 1.08 bits per heavy atom. The number of nitrogens with two attached hydrogens (primary N) is 1. The molecule has 7 heteroatoms. The number of ether oxygens (including phenoxy) is 1. The molecular weight excluding hydrogens is 474 g/mol. The average Bonchev–Trinajstić information content (AvgIpc) is 3.28. The van der Waals surface area contributed by atoms with E-state index in [1.54, 1.807) is 0 Å². The molecule has 2 N–H and O–H groups in total. The molecule has 38 heavy (non-hydrogen) atoms. The molecular formula is C31H31N5O2. The lowest BCUT2D eigenvalue weighted by Gasteiger charge is -2.28. The fourth-order valence-corrected chi connectivity index (χ4v) is 4.92. The number of carbonyl (C=O) groups is 1. The monoisotopic (exact) mass is 505 g/mol. The molecule has 1 saturated heterocycles. The van der Waals surface area contributed by atoms with Crippen LogP contribution in [0.2, 0.25) is 0 Å². The van der Waals surface area contributed by atoms with E-state index in [2.05, 4.69) is 46.8 Å². The van der Waals surface area contributed by atoms with Crippen LogP contribution in [0.3, 0.4) is 0 Å². The van der Waals surface area contributed by atoms with Gasteiger partial charge in [-0.15, -0.1) is 0 Å². The fraction of sp³-hybridized carbons (Fsp3) is 0.258. The van der Waals surface area contributed by atoms with Gasteiger partial charge >= 0.3 is 0 Å². The number of aromatic nitrogens is 3. The fourth-order valence-electron chi connectivity index (χ4n) is 4.92. The molecule has 2 aromatic carbocycles. The second-order valence-corrected chi connectivity index (χ2v) is 9.66. The second kappa shape index (κ2) is 10.8. The summed E-state index contributed by atoms with van der Waals surface area (Å²) in [6.45, 7) is 9.20. The molecule has 4 aromatic rings. The van der Waals surface area contributed by atoms with E-state index < -0.39 is 0 Å². The van der Waals surface area contributed by atoms with E-state index in [-0.39, 0.29) is 17.9 Å². The van der Waals surface area contributed by atoms with Crippen LogP contribution in [-0.2, 0) is 4.79 Å². The second-order valence-electron chi connectivity index (χ2n) is 9.66. The summed E-state index contributed by atoms with van der Waals surface area (Å²) in [5, 5.41) is 0.800. The van der Waals surface area contributed by atoms with Gasteiger partial charge in [0.1, 0.15) is 35.0 Å². The number of para-hydroxylation sites is 1. The molecule has 3 heterocycles. The highest BCUT2D eigenvalue weighted by Crippen LogP contribution is 2.39. The highest BCUT2D eigenvalue weighted by atomic mass is 16.5. The maximum Gasteiger partial charge on any atom is 0.245 e. The summed E-state index contributed by atoms with van der Waals surface area (Å²) in [6.07, 6.45) is 4.54. The summed E-state index contributed by atoms with van der Waals surface area (Å²) >= 11 is 0. The van der Waals surface area contributed by atoms with Gasteiger partial charge in [0.05, 0.1) is 5.39 Å². The molecule has 0 aliphatic carbocycles. The van der Waals surface area contributed by atoms with Crippen LogP contribution in [0.4, 0.5) is 5.82 Å². The Labute approximate surface area is 223 Å². The van der Waals surface area contributed by atoms with Crippen LogP contribution < -0.4 is 10.5 Å². The van der Waals surface area contributed by atoms with Gasteiger partial charge in [-0.3, -0.25) is 4.79 Å². The van der Waals surface area contributed by atoms with Crippen LogP contribution in [0.5, 0.6) is 11.5 Å². The number of rotatable bonds is 5. The summed E-state index contributed by atoms with van der Waals surface area (Å²) in [5.74, 6) is 9.11. The Hall–Kier alpha value is -4.57. The topological polar surface area (TPSA) is 86.3 Å². The van der Waals surface area contributed by atoms with Gasteiger partial charge in [0.15, 0.2) is 0 Å². The number of carbonyl (C=O) groups excluding carboxylic acids is 1. The third-order valence-corrected chi connectivity index (χ3v) is 6.83. The van der Waals surface area contributed by atoms with Gasteiger partial charge in [-0.2, -0.15) is 0 Å². The minimum atomic E-state index is -0.0210. The SMILES string of the molecule is C=CC(=O)N1CCC(C#Cc2c(-c3ccc(Oc4ccccc4)cc3)c3c(N)ncnc3n2C(C)C)CC1. The molecule has 0 bridgehead atoms. The Morgan fingerprint density at radius 2 is 1.76 bits per heavy atom. The number of likely N-dealkylation sites (tertiary alicyclic amines) is 1. The van der Waals surface area contributed by atoms with E-state index in [0.29, 0.717) is 18.9 Å². The van der Waals surface area contributed by atoms with Crippen LogP contribution in [0.1, 0.15) is 38.4 Å². The van der Waals surface area contributed by atoms with Crippen LogP contribution in [0, 0.1) is 17.8 Å². The summed E-state index contributed by atoms with van der Waals surface area (Å²) in [6, 6.07) is 17.7. The molecule has 0 radical (unpaired) electrons. The summed E-state index contributed by atoms with van der Waals surface area (Å²) in [4.78, 5) is 22.7. The minimum Gasteiger partial charge on any atom is -0.457 e. The summed E-state index contributed by atoms with van der Waals surface area (Å²) in [5.41, 5.74) is 9.94. The molecule has 0 spiro atoms. The normalized spacial score (nSPS) is 13.8. The zero-order chi connectivity index (χ0) is 26.6.